The monoisotopic (exact) mass is 160 g/mol. The summed E-state index contributed by atoms with van der Waals surface area (Å²) in [5.41, 5.74) is 0. The van der Waals surface area contributed by atoms with Gasteiger partial charge in [-0.3, -0.25) is 0 Å². The third-order valence-electron chi connectivity index (χ3n) is 0.961. The van der Waals surface area contributed by atoms with Gasteiger partial charge in [0.25, 0.3) is 0 Å². The minimum Gasteiger partial charge on any atom is -0.358 e. The molecule has 1 rings (SSSR count). The fourth-order valence-electron chi connectivity index (χ4n) is 0.542. The summed E-state index contributed by atoms with van der Waals surface area (Å²) in [4.78, 5) is 11.8. The zero-order valence-corrected chi connectivity index (χ0v) is 5.12. The lowest BCUT2D eigenvalue weighted by atomic mass is 10.4. The van der Waals surface area contributed by atoms with Gasteiger partial charge in [0.2, 0.25) is 5.82 Å². The van der Waals surface area contributed by atoms with Crippen LogP contribution in [-0.2, 0) is 0 Å². The van der Waals surface area contributed by atoms with E-state index in [2.05, 4.69) is 4.98 Å². The minimum atomic E-state index is -1.27. The average Bonchev–Trinajstić information content (AvgIpc) is 1.85. The summed E-state index contributed by atoms with van der Waals surface area (Å²) in [7, 11) is 0. The second kappa shape index (κ2) is 2.57. The van der Waals surface area contributed by atoms with Gasteiger partial charge in [0.15, 0.2) is 12.0 Å². The third kappa shape index (κ3) is 1.46. The first kappa shape index (κ1) is 7.52. The molecule has 0 amide bonds. The van der Waals surface area contributed by atoms with Crippen LogP contribution in [-0.4, -0.2) is 9.91 Å². The van der Waals surface area contributed by atoms with E-state index >= 15 is 0 Å². The van der Waals surface area contributed by atoms with Crippen molar-refractivity contribution in [3.63, 3.8) is 0 Å². The molecule has 6 heteroatoms. The van der Waals surface area contributed by atoms with Crippen molar-refractivity contribution < 1.29 is 13.7 Å². The highest BCUT2D eigenvalue weighted by Gasteiger charge is 2.15. The summed E-state index contributed by atoms with van der Waals surface area (Å²) in [6.45, 7) is 0. The van der Waals surface area contributed by atoms with E-state index in [1.165, 1.54) is 0 Å². The summed E-state index contributed by atoms with van der Waals surface area (Å²) >= 11 is 0. The smallest absolute Gasteiger partial charge is 0.358 e. The van der Waals surface area contributed by atoms with E-state index < -0.39 is 22.4 Å². The minimum absolute atomic E-state index is 0.408. The van der Waals surface area contributed by atoms with Crippen LogP contribution in [0.4, 0.5) is 14.6 Å². The Hall–Kier alpha value is -1.59. The standard InChI is InChI=1S/C5H2F2N2O2/c6-3-1-4(7)5(8-2-3)9(10)11/h1-2H. The Balaban J connectivity index is 3.20. The molecule has 1 aromatic heterocycles. The van der Waals surface area contributed by atoms with Gasteiger partial charge in [-0.25, -0.2) is 4.39 Å². The maximum atomic E-state index is 12.4. The quantitative estimate of drug-likeness (QED) is 0.459. The van der Waals surface area contributed by atoms with E-state index in [4.69, 9.17) is 0 Å². The second-order valence-electron chi connectivity index (χ2n) is 1.72. The molecule has 1 aromatic rings. The lowest BCUT2D eigenvalue weighted by molar-refractivity contribution is -0.392. The molecule has 0 saturated heterocycles. The van der Waals surface area contributed by atoms with Crippen molar-refractivity contribution in [2.24, 2.45) is 0 Å². The van der Waals surface area contributed by atoms with Gasteiger partial charge in [0, 0.05) is 6.07 Å². The predicted molar refractivity (Wildman–Crippen MR) is 30.8 cm³/mol. The van der Waals surface area contributed by atoms with Crippen molar-refractivity contribution in [1.82, 2.24) is 4.98 Å². The molecule has 0 fully saturated rings. The van der Waals surface area contributed by atoms with E-state index in [0.29, 0.717) is 12.3 Å². The second-order valence-corrected chi connectivity index (χ2v) is 1.72. The zero-order valence-electron chi connectivity index (χ0n) is 5.12. The Kier molecular flexibility index (Phi) is 1.75. The van der Waals surface area contributed by atoms with Crippen LogP contribution in [0, 0.1) is 21.7 Å². The molecule has 0 spiro atoms. The molecule has 0 aliphatic rings. The van der Waals surface area contributed by atoms with Crippen molar-refractivity contribution in [3.8, 4) is 0 Å². The highest BCUT2D eigenvalue weighted by atomic mass is 19.1. The van der Waals surface area contributed by atoms with Crippen molar-refractivity contribution in [2.45, 2.75) is 0 Å². The molecular formula is C5H2F2N2O2. The van der Waals surface area contributed by atoms with Crippen LogP contribution in [0.5, 0.6) is 0 Å². The topological polar surface area (TPSA) is 56.0 Å². The van der Waals surface area contributed by atoms with Crippen LogP contribution in [0.2, 0.25) is 0 Å². The van der Waals surface area contributed by atoms with Crippen LogP contribution in [0.15, 0.2) is 12.3 Å². The number of nitrogens with zero attached hydrogens (tertiary/aromatic N) is 2. The predicted octanol–water partition coefficient (Wildman–Crippen LogP) is 1.27. The zero-order chi connectivity index (χ0) is 8.43. The van der Waals surface area contributed by atoms with Crippen LogP contribution in [0.1, 0.15) is 0 Å². The Morgan fingerprint density at radius 1 is 1.55 bits per heavy atom. The Bertz CT molecular complexity index is 303. The Morgan fingerprint density at radius 3 is 2.64 bits per heavy atom. The highest BCUT2D eigenvalue weighted by molar-refractivity contribution is 5.20. The molecule has 0 radical (unpaired) electrons. The molecule has 0 aliphatic heterocycles. The van der Waals surface area contributed by atoms with E-state index in [0.717, 1.165) is 0 Å². The van der Waals surface area contributed by atoms with Gasteiger partial charge < -0.3 is 10.1 Å². The van der Waals surface area contributed by atoms with Crippen LogP contribution < -0.4 is 0 Å². The lowest BCUT2D eigenvalue weighted by Crippen LogP contribution is -1.96. The fraction of sp³-hybridized carbons (Fsp3) is 0. The Morgan fingerprint density at radius 2 is 2.18 bits per heavy atom. The molecule has 0 N–H and O–H groups in total. The third-order valence-corrected chi connectivity index (χ3v) is 0.961. The molecule has 0 atom stereocenters. The molecule has 1 heterocycles. The summed E-state index contributed by atoms with van der Waals surface area (Å²) < 4.78 is 24.4. The number of halogens is 2. The normalized spacial score (nSPS) is 9.64. The van der Waals surface area contributed by atoms with Crippen molar-refractivity contribution in [2.75, 3.05) is 0 Å². The summed E-state index contributed by atoms with van der Waals surface area (Å²) in [6.07, 6.45) is 0.585. The number of hydrogen-bond donors (Lipinski definition) is 0. The lowest BCUT2D eigenvalue weighted by Gasteiger charge is -1.91. The van der Waals surface area contributed by atoms with E-state index in [-0.39, 0.29) is 0 Å². The number of rotatable bonds is 1. The molecule has 11 heavy (non-hydrogen) atoms. The molecule has 0 unspecified atom stereocenters. The van der Waals surface area contributed by atoms with Gasteiger partial charge in [-0.15, -0.1) is 0 Å². The number of pyridine rings is 1. The summed E-state index contributed by atoms with van der Waals surface area (Å²) in [5.74, 6) is -3.17. The van der Waals surface area contributed by atoms with E-state index in [9.17, 15) is 18.9 Å². The fourth-order valence-corrected chi connectivity index (χ4v) is 0.542. The van der Waals surface area contributed by atoms with Crippen LogP contribution in [0.3, 0.4) is 0 Å². The first-order valence-corrected chi connectivity index (χ1v) is 2.56. The van der Waals surface area contributed by atoms with Crippen LogP contribution in [0.25, 0.3) is 0 Å². The maximum absolute atomic E-state index is 12.4. The molecule has 0 aliphatic carbocycles. The molecule has 4 nitrogen and oxygen atoms in total. The van der Waals surface area contributed by atoms with Gasteiger partial charge in [-0.2, -0.15) is 4.39 Å². The SMILES string of the molecule is O=[N+]([O-])c1ncc(F)cc1F. The van der Waals surface area contributed by atoms with E-state index in [1.807, 2.05) is 0 Å². The summed E-state index contributed by atoms with van der Waals surface area (Å²) in [6, 6.07) is 0.408. The van der Waals surface area contributed by atoms with Gasteiger partial charge in [0.05, 0.1) is 0 Å². The van der Waals surface area contributed by atoms with Crippen molar-refractivity contribution in [1.29, 1.82) is 0 Å². The molecule has 0 saturated carbocycles. The molecule has 0 bridgehead atoms. The average molecular weight is 160 g/mol. The Labute approximate surface area is 59.6 Å². The van der Waals surface area contributed by atoms with Gasteiger partial charge in [0.1, 0.15) is 0 Å². The molecular weight excluding hydrogens is 158 g/mol. The van der Waals surface area contributed by atoms with Gasteiger partial charge in [-0.1, -0.05) is 0 Å². The van der Waals surface area contributed by atoms with Crippen molar-refractivity contribution in [3.05, 3.63) is 34.0 Å². The first-order valence-electron chi connectivity index (χ1n) is 2.56. The van der Waals surface area contributed by atoms with Gasteiger partial charge >= 0.3 is 5.82 Å². The summed E-state index contributed by atoms with van der Waals surface area (Å²) in [5, 5.41) is 9.91. The highest BCUT2D eigenvalue weighted by Crippen LogP contribution is 2.12. The molecule has 58 valence electrons. The molecule has 0 aromatic carbocycles. The maximum Gasteiger partial charge on any atom is 0.399 e. The number of nitro groups is 1. The number of hydrogen-bond acceptors (Lipinski definition) is 3. The van der Waals surface area contributed by atoms with Crippen molar-refractivity contribution >= 4 is 5.82 Å². The van der Waals surface area contributed by atoms with E-state index in [1.54, 1.807) is 0 Å². The number of aromatic nitrogens is 1. The first-order chi connectivity index (χ1) is 5.11. The largest absolute Gasteiger partial charge is 0.399 e. The van der Waals surface area contributed by atoms with Crippen LogP contribution >= 0.6 is 0 Å². The van der Waals surface area contributed by atoms with Gasteiger partial charge in [-0.05, 0) is 9.91 Å².